The highest BCUT2D eigenvalue weighted by molar-refractivity contribution is 7.80. The van der Waals surface area contributed by atoms with Crippen LogP contribution in [0.1, 0.15) is 47.2 Å². The van der Waals surface area contributed by atoms with Gasteiger partial charge in [-0.15, -0.1) is 0 Å². The third-order valence-corrected chi connectivity index (χ3v) is 8.43. The van der Waals surface area contributed by atoms with Crippen molar-refractivity contribution >= 4 is 64.2 Å². The second kappa shape index (κ2) is 15.5. The number of amides is 1. The molecule has 0 atom stereocenters. The highest BCUT2D eigenvalue weighted by Gasteiger charge is 2.33. The molecule has 2 aromatic heterocycles. The lowest BCUT2D eigenvalue weighted by atomic mass is 9.87. The summed E-state index contributed by atoms with van der Waals surface area (Å²) in [7, 11) is 0. The van der Waals surface area contributed by atoms with E-state index in [0.29, 0.717) is 60.9 Å². The van der Waals surface area contributed by atoms with E-state index in [-0.39, 0.29) is 23.3 Å². The van der Waals surface area contributed by atoms with Gasteiger partial charge in [0.1, 0.15) is 34.9 Å². The van der Waals surface area contributed by atoms with E-state index in [1.54, 1.807) is 4.57 Å². The molecule has 4 heterocycles. The number of aryl methyl sites for hydroxylation is 1. The predicted octanol–water partition coefficient (Wildman–Crippen LogP) is 3.04. The van der Waals surface area contributed by atoms with Crippen molar-refractivity contribution in [3.8, 4) is 11.5 Å². The monoisotopic (exact) mass is 699 g/mol. The lowest BCUT2D eigenvalue weighted by molar-refractivity contribution is -0.140. The van der Waals surface area contributed by atoms with Gasteiger partial charge in [0.15, 0.2) is 5.11 Å². The zero-order chi connectivity index (χ0) is 35.9. The fourth-order valence-electron chi connectivity index (χ4n) is 5.62. The van der Waals surface area contributed by atoms with Crippen LogP contribution in [0.5, 0.6) is 11.5 Å². The van der Waals surface area contributed by atoms with Gasteiger partial charge in [-0.2, -0.15) is 4.98 Å². The predicted molar refractivity (Wildman–Crippen MR) is 186 cm³/mol. The van der Waals surface area contributed by atoms with Crippen LogP contribution in [0.25, 0.3) is 11.0 Å². The van der Waals surface area contributed by atoms with E-state index < -0.39 is 35.5 Å². The Morgan fingerprint density at radius 2 is 1.64 bits per heavy atom. The summed E-state index contributed by atoms with van der Waals surface area (Å²) in [6.07, 6.45) is 3.05. The summed E-state index contributed by atoms with van der Waals surface area (Å²) < 4.78 is 7.65. The molecule has 0 unspecified atom stereocenters. The molecule has 258 valence electrons. The molecule has 0 radical (unpaired) electrons. The molecule has 2 aromatic carbocycles. The number of rotatable bonds is 8. The van der Waals surface area contributed by atoms with Gasteiger partial charge in [-0.25, -0.2) is 9.78 Å². The van der Waals surface area contributed by atoms with Gasteiger partial charge in [0.2, 0.25) is 17.3 Å². The lowest BCUT2D eigenvalue weighted by Gasteiger charge is -2.36. The average molecular weight is 700 g/mol. The van der Waals surface area contributed by atoms with Gasteiger partial charge in [-0.3, -0.25) is 19.2 Å². The number of hydrogen-bond acceptors (Lipinski definition) is 11. The quantitative estimate of drug-likeness (QED) is 0.119. The van der Waals surface area contributed by atoms with Gasteiger partial charge < -0.3 is 40.0 Å². The first-order valence-corrected chi connectivity index (χ1v) is 16.0. The number of benzene rings is 2. The number of aromatic nitrogens is 3. The van der Waals surface area contributed by atoms with Crippen LogP contribution in [0, 0.1) is 5.41 Å². The Balaban J connectivity index is 0.000000478. The van der Waals surface area contributed by atoms with Gasteiger partial charge in [0, 0.05) is 68.9 Å². The Hall–Kier alpha value is -6.03. The van der Waals surface area contributed by atoms with Gasteiger partial charge in [0.25, 0.3) is 0 Å². The maximum absolute atomic E-state index is 13.6. The number of aromatic carboxylic acids is 1. The van der Waals surface area contributed by atoms with E-state index in [4.69, 9.17) is 27.5 Å². The van der Waals surface area contributed by atoms with Crippen LogP contribution in [0.15, 0.2) is 65.7 Å². The average Bonchev–Trinajstić information content (AvgIpc) is 3.10. The molecule has 1 saturated heterocycles. The highest BCUT2D eigenvalue weighted by Crippen LogP contribution is 2.43. The van der Waals surface area contributed by atoms with E-state index in [2.05, 4.69) is 15.3 Å². The van der Waals surface area contributed by atoms with Crippen molar-refractivity contribution < 1.29 is 34.1 Å². The van der Waals surface area contributed by atoms with Crippen LogP contribution >= 0.6 is 12.2 Å². The van der Waals surface area contributed by atoms with Crippen molar-refractivity contribution in [2.24, 2.45) is 0 Å². The van der Waals surface area contributed by atoms with Crippen LogP contribution in [0.4, 0.5) is 5.95 Å². The first-order chi connectivity index (χ1) is 24.0. The Kier molecular flexibility index (Phi) is 10.9. The molecule has 1 amide bonds. The molecule has 4 N–H and O–H groups in total. The number of fused-ring (bicyclic) bond motifs is 3. The number of carboxylic acids is 2. The number of piperazine rings is 1. The molecular weight excluding hydrogens is 666 g/mol. The number of nitrogens with one attached hydrogen (secondary N) is 2. The number of ether oxygens (including phenoxy) is 1. The summed E-state index contributed by atoms with van der Waals surface area (Å²) in [5.74, 6) is -1.90. The number of thiocarbonyl (C=S) groups is 1. The normalized spacial score (nSPS) is 13.5. The zero-order valence-corrected chi connectivity index (χ0v) is 27.7. The molecule has 4 aromatic rings. The molecule has 6 rings (SSSR count). The minimum Gasteiger partial charge on any atom is -0.481 e. The topological polar surface area (TPSA) is 208 Å². The van der Waals surface area contributed by atoms with Crippen molar-refractivity contribution in [1.29, 1.82) is 5.41 Å². The molecule has 0 saturated carbocycles. The van der Waals surface area contributed by atoms with Crippen LogP contribution < -0.4 is 20.4 Å². The van der Waals surface area contributed by atoms with Crippen LogP contribution in [-0.2, 0) is 20.9 Å². The molecule has 15 nitrogen and oxygen atoms in total. The summed E-state index contributed by atoms with van der Waals surface area (Å²) in [6, 6.07) is 15.0. The first kappa shape index (κ1) is 35.3. The molecular formula is C34H33N7O8S. The molecule has 2 aliphatic heterocycles. The zero-order valence-electron chi connectivity index (χ0n) is 26.9. The second-order valence-electron chi connectivity index (χ2n) is 11.3. The minimum absolute atomic E-state index is 0.0771. The van der Waals surface area contributed by atoms with E-state index >= 15 is 0 Å². The number of hydrogen-bond donors (Lipinski definition) is 4. The van der Waals surface area contributed by atoms with Crippen molar-refractivity contribution in [1.82, 2.24) is 24.8 Å². The molecule has 1 fully saturated rings. The number of aliphatic carboxylic acids is 1. The smallest absolute Gasteiger partial charge is 0.341 e. The highest BCUT2D eigenvalue weighted by atomic mass is 32.1. The van der Waals surface area contributed by atoms with Crippen molar-refractivity contribution in [3.05, 3.63) is 87.8 Å². The van der Waals surface area contributed by atoms with Crippen molar-refractivity contribution in [2.75, 3.05) is 31.1 Å². The number of Topliss-reactive ketones (excluding diaryl/α,β-unsaturated/α-hetero) is 1. The second-order valence-corrected chi connectivity index (χ2v) is 11.7. The van der Waals surface area contributed by atoms with Gasteiger partial charge in [-0.1, -0.05) is 36.4 Å². The summed E-state index contributed by atoms with van der Waals surface area (Å²) in [6.45, 7) is 4.42. The Morgan fingerprint density at radius 3 is 2.20 bits per heavy atom. The minimum atomic E-state index is -1.28. The summed E-state index contributed by atoms with van der Waals surface area (Å²) in [4.78, 5) is 70.7. The number of carbonyl (C=O) groups excluding carboxylic acids is 2. The standard InChI is InChI=1S/C29H26N6O5S.C5H7NO3/c1-2-33-16-20(27(38)39)24(36)19-15-30-28(31-25(19)33)34-11-13-35(14-12-34)29(41)32-26(37)23-17-7-3-5-9-21(17)40-22-10-6-4-8-18(22)23;6-2-1-4(7)3-5(8)9/h3-10,15-16,23H,2,11-14H2,1H3,(H,38,39)(H,32,37,41);2,6H,1,3H2,(H,8,9). The lowest BCUT2D eigenvalue weighted by Crippen LogP contribution is -2.53. The number of para-hydroxylation sites is 2. The third-order valence-electron chi connectivity index (χ3n) is 8.07. The number of ketones is 1. The summed E-state index contributed by atoms with van der Waals surface area (Å²) >= 11 is 5.64. The van der Waals surface area contributed by atoms with Crippen LogP contribution in [-0.4, -0.2) is 90.8 Å². The number of pyridine rings is 1. The fraction of sp³-hybridized carbons (Fsp3) is 0.265. The summed E-state index contributed by atoms with van der Waals surface area (Å²) in [5, 5.41) is 27.3. The van der Waals surface area contributed by atoms with Crippen LogP contribution in [0.3, 0.4) is 0 Å². The molecule has 0 spiro atoms. The maximum atomic E-state index is 13.6. The number of anilines is 1. The fourth-order valence-corrected chi connectivity index (χ4v) is 5.91. The molecule has 16 heteroatoms. The third kappa shape index (κ3) is 7.65. The van der Waals surface area contributed by atoms with Gasteiger partial charge in [-0.05, 0) is 31.3 Å². The molecule has 50 heavy (non-hydrogen) atoms. The first-order valence-electron chi connectivity index (χ1n) is 15.6. The number of carbonyl (C=O) groups is 4. The van der Waals surface area contributed by atoms with E-state index in [1.807, 2.05) is 65.3 Å². The largest absolute Gasteiger partial charge is 0.481 e. The van der Waals surface area contributed by atoms with Crippen molar-refractivity contribution in [2.45, 2.75) is 32.2 Å². The number of nitrogens with zero attached hydrogens (tertiary/aromatic N) is 5. The molecule has 2 aliphatic rings. The summed E-state index contributed by atoms with van der Waals surface area (Å²) in [5.41, 5.74) is 1.03. The van der Waals surface area contributed by atoms with E-state index in [1.165, 1.54) is 12.4 Å². The van der Waals surface area contributed by atoms with E-state index in [9.17, 15) is 29.1 Å². The van der Waals surface area contributed by atoms with Gasteiger partial charge in [0.05, 0.1) is 11.3 Å². The Labute approximate surface area is 290 Å². The number of carboxylic acid groups (broad SMARTS) is 2. The van der Waals surface area contributed by atoms with Crippen molar-refractivity contribution in [3.63, 3.8) is 0 Å². The van der Waals surface area contributed by atoms with Gasteiger partial charge >= 0.3 is 11.9 Å². The molecule has 0 aliphatic carbocycles. The molecule has 0 bridgehead atoms. The van der Waals surface area contributed by atoms with Crippen LogP contribution in [0.2, 0.25) is 0 Å². The van der Waals surface area contributed by atoms with E-state index in [0.717, 1.165) is 17.3 Å². The maximum Gasteiger partial charge on any atom is 0.341 e. The SMILES string of the molecule is CCn1cc(C(=O)O)c(=O)c2cnc(N3CCN(C(=S)NC(=O)C4c5ccccc5Oc5ccccc54)CC3)nc21.N=CCC(=O)CC(=O)O. The Bertz CT molecular complexity index is 2010. The Morgan fingerprint density at radius 1 is 1.02 bits per heavy atom.